The molecule has 3 aromatic rings. The maximum absolute atomic E-state index is 12.7. The van der Waals surface area contributed by atoms with Crippen LogP contribution in [0, 0.1) is 6.92 Å². The van der Waals surface area contributed by atoms with Gasteiger partial charge in [-0.15, -0.1) is 0 Å². The lowest BCUT2D eigenvalue weighted by atomic mass is 10.1. The first-order chi connectivity index (χ1) is 13.8. The van der Waals surface area contributed by atoms with Crippen LogP contribution in [0.4, 0.5) is 5.69 Å². The summed E-state index contributed by atoms with van der Waals surface area (Å²) in [5.74, 6) is -0.647. The second-order valence-electron chi connectivity index (χ2n) is 7.08. The second kappa shape index (κ2) is 7.57. The Balaban J connectivity index is 1.52. The molecule has 2 amide bonds. The van der Waals surface area contributed by atoms with Crippen LogP contribution in [-0.4, -0.2) is 42.2 Å². The molecular formula is C20H19N3O4S2. The highest BCUT2D eigenvalue weighted by Gasteiger charge is 2.29. The summed E-state index contributed by atoms with van der Waals surface area (Å²) in [4.78, 5) is 25.3. The van der Waals surface area contributed by atoms with Crippen LogP contribution in [0.3, 0.4) is 0 Å². The zero-order valence-corrected chi connectivity index (χ0v) is 17.3. The van der Waals surface area contributed by atoms with Gasteiger partial charge in [0.05, 0.1) is 16.2 Å². The number of carbonyl (C=O) groups excluding carboxylic acids is 2. The van der Waals surface area contributed by atoms with E-state index in [1.54, 1.807) is 18.2 Å². The minimum absolute atomic E-state index is 0.0366. The van der Waals surface area contributed by atoms with E-state index in [0.717, 1.165) is 15.6 Å². The highest BCUT2D eigenvalue weighted by atomic mass is 32.2. The molecule has 7 nitrogen and oxygen atoms in total. The van der Waals surface area contributed by atoms with Crippen LogP contribution in [-0.2, 0) is 9.84 Å². The number of carbonyl (C=O) groups is 2. The first kappa shape index (κ1) is 19.5. The number of hydrogen-bond acceptors (Lipinski definition) is 6. The molecule has 1 atom stereocenters. The molecule has 2 aromatic carbocycles. The summed E-state index contributed by atoms with van der Waals surface area (Å²) in [6, 6.07) is 12.1. The highest BCUT2D eigenvalue weighted by molar-refractivity contribution is 7.91. The Hall–Kier alpha value is -2.78. The summed E-state index contributed by atoms with van der Waals surface area (Å²) in [6.07, 6.45) is 0.417. The van der Waals surface area contributed by atoms with E-state index in [2.05, 4.69) is 15.0 Å². The molecule has 0 saturated carbocycles. The predicted octanol–water partition coefficient (Wildman–Crippen LogP) is 2.77. The summed E-state index contributed by atoms with van der Waals surface area (Å²) in [6.45, 7) is 1.83. The molecule has 2 N–H and O–H groups in total. The SMILES string of the molecule is Cc1ccc(C(=O)N[C@@H]2CCS(=O)(=O)C2)cc1NC(=O)c1nsc2ccccc12. The molecule has 0 radical (unpaired) electrons. The molecule has 9 heteroatoms. The van der Waals surface area contributed by atoms with E-state index < -0.39 is 9.84 Å². The van der Waals surface area contributed by atoms with Crippen molar-refractivity contribution in [2.24, 2.45) is 0 Å². The molecule has 4 rings (SSSR count). The number of benzene rings is 2. The van der Waals surface area contributed by atoms with Crippen molar-refractivity contribution in [3.05, 3.63) is 59.3 Å². The fraction of sp³-hybridized carbons (Fsp3) is 0.250. The number of sulfone groups is 1. The van der Waals surface area contributed by atoms with Gasteiger partial charge in [0, 0.05) is 22.7 Å². The molecule has 0 aliphatic carbocycles. The summed E-state index contributed by atoms with van der Waals surface area (Å²) >= 11 is 1.26. The number of aromatic nitrogens is 1. The van der Waals surface area contributed by atoms with Gasteiger partial charge in [-0.3, -0.25) is 9.59 Å². The van der Waals surface area contributed by atoms with Crippen LogP contribution in [0.5, 0.6) is 0 Å². The molecule has 1 aromatic heterocycles. The van der Waals surface area contributed by atoms with Crippen molar-refractivity contribution >= 4 is 49.0 Å². The fourth-order valence-electron chi connectivity index (χ4n) is 3.31. The average molecular weight is 430 g/mol. The van der Waals surface area contributed by atoms with Crippen molar-refractivity contribution < 1.29 is 18.0 Å². The Morgan fingerprint density at radius 1 is 1.14 bits per heavy atom. The van der Waals surface area contributed by atoms with E-state index in [1.165, 1.54) is 11.5 Å². The Bertz CT molecular complexity index is 1220. The van der Waals surface area contributed by atoms with Gasteiger partial charge in [-0.1, -0.05) is 24.3 Å². The third kappa shape index (κ3) is 4.15. The quantitative estimate of drug-likeness (QED) is 0.663. The largest absolute Gasteiger partial charge is 0.348 e. The second-order valence-corrected chi connectivity index (χ2v) is 10.1. The van der Waals surface area contributed by atoms with Gasteiger partial charge >= 0.3 is 0 Å². The number of nitrogens with zero attached hydrogens (tertiary/aromatic N) is 1. The van der Waals surface area contributed by atoms with Gasteiger partial charge in [0.15, 0.2) is 9.84 Å². The lowest BCUT2D eigenvalue weighted by Gasteiger charge is -2.13. The maximum Gasteiger partial charge on any atom is 0.276 e. The number of nitrogens with one attached hydrogen (secondary N) is 2. The van der Waals surface area contributed by atoms with E-state index in [-0.39, 0.29) is 29.4 Å². The topological polar surface area (TPSA) is 105 Å². The Morgan fingerprint density at radius 2 is 1.93 bits per heavy atom. The minimum atomic E-state index is -3.07. The molecule has 1 fully saturated rings. The zero-order chi connectivity index (χ0) is 20.6. The zero-order valence-electron chi connectivity index (χ0n) is 15.6. The van der Waals surface area contributed by atoms with Gasteiger partial charge in [0.2, 0.25) is 0 Å². The normalized spacial score (nSPS) is 17.9. The molecule has 0 unspecified atom stereocenters. The minimum Gasteiger partial charge on any atom is -0.348 e. The van der Waals surface area contributed by atoms with E-state index in [4.69, 9.17) is 0 Å². The van der Waals surface area contributed by atoms with Crippen LogP contribution >= 0.6 is 11.5 Å². The number of aryl methyl sites for hydroxylation is 1. The van der Waals surface area contributed by atoms with Crippen molar-refractivity contribution in [3.8, 4) is 0 Å². The Kier molecular flexibility index (Phi) is 5.10. The average Bonchev–Trinajstić information content (AvgIpc) is 3.26. The standard InChI is InChI=1S/C20H19N3O4S2/c1-12-6-7-13(19(24)21-14-8-9-29(26,27)11-14)10-16(12)22-20(25)18-15-4-2-3-5-17(15)28-23-18/h2-7,10,14H,8-9,11H2,1H3,(H,21,24)(H,22,25)/t14-/m1/s1. The first-order valence-electron chi connectivity index (χ1n) is 9.10. The summed E-state index contributed by atoms with van der Waals surface area (Å²) < 4.78 is 28.3. The van der Waals surface area contributed by atoms with Crippen molar-refractivity contribution in [2.45, 2.75) is 19.4 Å². The number of hydrogen-bond donors (Lipinski definition) is 2. The number of fused-ring (bicyclic) bond motifs is 1. The lowest BCUT2D eigenvalue weighted by Crippen LogP contribution is -2.35. The molecule has 1 aliphatic rings. The molecule has 0 bridgehead atoms. The van der Waals surface area contributed by atoms with E-state index in [1.807, 2.05) is 31.2 Å². The third-order valence-corrected chi connectivity index (χ3v) is 7.50. The van der Waals surface area contributed by atoms with Crippen LogP contribution in [0.2, 0.25) is 0 Å². The Labute approximate surface area is 172 Å². The molecule has 1 saturated heterocycles. The van der Waals surface area contributed by atoms with Crippen molar-refractivity contribution in [3.63, 3.8) is 0 Å². The summed E-state index contributed by atoms with van der Waals surface area (Å²) in [5.41, 5.74) is 2.02. The lowest BCUT2D eigenvalue weighted by molar-refractivity contribution is 0.0940. The fourth-order valence-corrected chi connectivity index (χ4v) is 5.75. The van der Waals surface area contributed by atoms with Crippen LogP contribution in [0.25, 0.3) is 10.1 Å². The van der Waals surface area contributed by atoms with Crippen LogP contribution in [0.1, 0.15) is 32.8 Å². The van der Waals surface area contributed by atoms with Gasteiger partial charge < -0.3 is 10.6 Å². The molecule has 0 spiro atoms. The third-order valence-electron chi connectivity index (χ3n) is 4.91. The molecule has 150 valence electrons. The first-order valence-corrected chi connectivity index (χ1v) is 11.7. The summed E-state index contributed by atoms with van der Waals surface area (Å²) in [7, 11) is -3.07. The number of anilines is 1. The predicted molar refractivity (Wildman–Crippen MR) is 113 cm³/mol. The van der Waals surface area contributed by atoms with Gasteiger partial charge in [-0.25, -0.2) is 8.42 Å². The van der Waals surface area contributed by atoms with E-state index >= 15 is 0 Å². The van der Waals surface area contributed by atoms with E-state index in [9.17, 15) is 18.0 Å². The van der Waals surface area contributed by atoms with Crippen LogP contribution in [0.15, 0.2) is 42.5 Å². The summed E-state index contributed by atoms with van der Waals surface area (Å²) in [5, 5.41) is 6.38. The van der Waals surface area contributed by atoms with Crippen molar-refractivity contribution in [1.82, 2.24) is 9.69 Å². The number of amides is 2. The molecule has 1 aliphatic heterocycles. The highest BCUT2D eigenvalue weighted by Crippen LogP contribution is 2.24. The van der Waals surface area contributed by atoms with Gasteiger partial charge in [-0.2, -0.15) is 4.37 Å². The molecular weight excluding hydrogens is 410 g/mol. The van der Waals surface area contributed by atoms with Gasteiger partial charge in [0.25, 0.3) is 11.8 Å². The van der Waals surface area contributed by atoms with Crippen molar-refractivity contribution in [1.29, 1.82) is 0 Å². The Morgan fingerprint density at radius 3 is 2.69 bits per heavy atom. The van der Waals surface area contributed by atoms with Crippen LogP contribution < -0.4 is 10.6 Å². The van der Waals surface area contributed by atoms with Gasteiger partial charge in [-0.05, 0) is 48.6 Å². The van der Waals surface area contributed by atoms with E-state index in [0.29, 0.717) is 23.4 Å². The maximum atomic E-state index is 12.7. The van der Waals surface area contributed by atoms with Gasteiger partial charge in [0.1, 0.15) is 5.69 Å². The van der Waals surface area contributed by atoms with Crippen molar-refractivity contribution in [2.75, 3.05) is 16.8 Å². The smallest absolute Gasteiger partial charge is 0.276 e. The molecule has 2 heterocycles. The number of rotatable bonds is 4. The monoisotopic (exact) mass is 429 g/mol. The molecule has 29 heavy (non-hydrogen) atoms.